The first-order valence-corrected chi connectivity index (χ1v) is 15.3. The van der Waals surface area contributed by atoms with Gasteiger partial charge in [-0.3, -0.25) is 9.59 Å². The van der Waals surface area contributed by atoms with Crippen LogP contribution in [0.3, 0.4) is 0 Å². The second-order valence-electron chi connectivity index (χ2n) is 12.5. The van der Waals surface area contributed by atoms with Gasteiger partial charge in [-0.2, -0.15) is 0 Å². The number of rotatable bonds is 8. The number of piperazine rings is 1. The number of hydrogen-bond donors (Lipinski definition) is 1. The molecule has 2 aromatic carbocycles. The summed E-state index contributed by atoms with van der Waals surface area (Å²) in [5, 5.41) is 3.29. The molecule has 2 aromatic rings. The molecule has 40 heavy (non-hydrogen) atoms. The molecule has 0 spiro atoms. The third-order valence-corrected chi connectivity index (χ3v) is 10.1. The highest BCUT2D eigenvalue weighted by atomic mass is 16.5. The van der Waals surface area contributed by atoms with Gasteiger partial charge in [-0.15, -0.1) is 0 Å². The van der Waals surface area contributed by atoms with Crippen molar-refractivity contribution in [3.05, 3.63) is 48.0 Å². The Kier molecular flexibility index (Phi) is 7.41. The van der Waals surface area contributed by atoms with Gasteiger partial charge in [-0.25, -0.2) is 0 Å². The molecule has 7 heteroatoms. The van der Waals surface area contributed by atoms with Crippen molar-refractivity contribution in [2.24, 2.45) is 23.2 Å². The highest BCUT2D eigenvalue weighted by Crippen LogP contribution is 2.60. The van der Waals surface area contributed by atoms with E-state index in [0.717, 1.165) is 68.3 Å². The molecule has 0 radical (unpaired) electrons. The Labute approximate surface area is 238 Å². The quantitative estimate of drug-likeness (QED) is 0.465. The molecule has 4 saturated carbocycles. The standard InChI is InChI=1S/C33H44N4O3/c1-4-35(5-2)31(38)27-19-26(34-32(39)33-20-23-16-24(21-33)18-25(17-23)22-33)10-11-28(27)36-12-14-37(15-13-36)29-8-6-7-9-30(29)40-3/h6-11,19,23-25H,4-5,12-18,20-22H2,1-3H3,(H,34,39). The number of para-hydroxylation sites is 2. The third-order valence-electron chi connectivity index (χ3n) is 10.1. The van der Waals surface area contributed by atoms with Crippen LogP contribution in [0.5, 0.6) is 5.75 Å². The molecule has 1 heterocycles. The van der Waals surface area contributed by atoms with E-state index in [0.29, 0.717) is 36.4 Å². The van der Waals surface area contributed by atoms with E-state index in [-0.39, 0.29) is 17.2 Å². The van der Waals surface area contributed by atoms with Gasteiger partial charge in [0.25, 0.3) is 5.91 Å². The lowest BCUT2D eigenvalue weighted by Crippen LogP contribution is -2.51. The molecule has 4 bridgehead atoms. The maximum atomic E-state index is 13.8. The topological polar surface area (TPSA) is 65.1 Å². The van der Waals surface area contributed by atoms with E-state index in [9.17, 15) is 9.59 Å². The second kappa shape index (κ2) is 11.0. The minimum absolute atomic E-state index is 0.0260. The molecule has 1 N–H and O–H groups in total. The van der Waals surface area contributed by atoms with E-state index in [4.69, 9.17) is 4.74 Å². The average Bonchev–Trinajstić information content (AvgIpc) is 2.97. The van der Waals surface area contributed by atoms with Crippen molar-refractivity contribution in [1.29, 1.82) is 0 Å². The van der Waals surface area contributed by atoms with Crippen molar-refractivity contribution in [2.75, 3.05) is 61.5 Å². The van der Waals surface area contributed by atoms with Crippen LogP contribution >= 0.6 is 0 Å². The number of hydrogen-bond acceptors (Lipinski definition) is 5. The highest BCUT2D eigenvalue weighted by Gasteiger charge is 2.54. The SMILES string of the molecule is CCN(CC)C(=O)c1cc(NC(=O)C23CC4CC(CC(C4)C2)C3)ccc1N1CCN(c2ccccc2OC)CC1. The molecule has 5 aliphatic rings. The lowest BCUT2D eigenvalue weighted by Gasteiger charge is -2.55. The highest BCUT2D eigenvalue weighted by molar-refractivity contribution is 6.03. The lowest BCUT2D eigenvalue weighted by molar-refractivity contribution is -0.140. The van der Waals surface area contributed by atoms with Crippen LogP contribution in [0.2, 0.25) is 0 Å². The Morgan fingerprint density at radius 3 is 2.02 bits per heavy atom. The molecule has 214 valence electrons. The molecule has 4 aliphatic carbocycles. The largest absolute Gasteiger partial charge is 0.495 e. The van der Waals surface area contributed by atoms with Gasteiger partial charge < -0.3 is 24.8 Å². The molecule has 0 unspecified atom stereocenters. The minimum Gasteiger partial charge on any atom is -0.495 e. The molecule has 7 rings (SSSR count). The summed E-state index contributed by atoms with van der Waals surface area (Å²) >= 11 is 0. The van der Waals surface area contributed by atoms with Crippen LogP contribution in [0.4, 0.5) is 17.1 Å². The summed E-state index contributed by atoms with van der Waals surface area (Å²) in [6.07, 6.45) is 7.04. The van der Waals surface area contributed by atoms with Crippen molar-refractivity contribution >= 4 is 28.9 Å². The zero-order valence-corrected chi connectivity index (χ0v) is 24.3. The lowest BCUT2D eigenvalue weighted by atomic mass is 9.49. The summed E-state index contributed by atoms with van der Waals surface area (Å²) in [5.74, 6) is 3.23. The van der Waals surface area contributed by atoms with Gasteiger partial charge in [0.05, 0.1) is 23.8 Å². The number of carbonyl (C=O) groups excluding carboxylic acids is 2. The number of ether oxygens (including phenoxy) is 1. The molecule has 7 nitrogen and oxygen atoms in total. The van der Waals surface area contributed by atoms with Crippen LogP contribution in [0.25, 0.3) is 0 Å². The van der Waals surface area contributed by atoms with Crippen LogP contribution in [0.15, 0.2) is 42.5 Å². The van der Waals surface area contributed by atoms with Crippen LogP contribution in [-0.4, -0.2) is 63.1 Å². The van der Waals surface area contributed by atoms with Crippen molar-refractivity contribution < 1.29 is 14.3 Å². The number of nitrogens with zero attached hydrogens (tertiary/aromatic N) is 3. The van der Waals surface area contributed by atoms with E-state index < -0.39 is 0 Å². The molecular weight excluding hydrogens is 500 g/mol. The van der Waals surface area contributed by atoms with E-state index in [1.165, 1.54) is 19.3 Å². The summed E-state index contributed by atoms with van der Waals surface area (Å²) in [7, 11) is 1.71. The van der Waals surface area contributed by atoms with Gasteiger partial charge in [0.15, 0.2) is 0 Å². The van der Waals surface area contributed by atoms with Crippen molar-refractivity contribution in [3.63, 3.8) is 0 Å². The summed E-state index contributed by atoms with van der Waals surface area (Å²) in [6, 6.07) is 14.1. The van der Waals surface area contributed by atoms with Crippen LogP contribution in [-0.2, 0) is 4.79 Å². The van der Waals surface area contributed by atoms with Crippen molar-refractivity contribution in [1.82, 2.24) is 4.90 Å². The first-order chi connectivity index (χ1) is 19.4. The smallest absolute Gasteiger partial charge is 0.256 e. The molecular formula is C33H44N4O3. The van der Waals surface area contributed by atoms with E-state index in [1.54, 1.807) is 7.11 Å². The molecule has 1 saturated heterocycles. The zero-order chi connectivity index (χ0) is 27.9. The fraction of sp³-hybridized carbons (Fsp3) is 0.576. The monoisotopic (exact) mass is 544 g/mol. The average molecular weight is 545 g/mol. The summed E-state index contributed by atoms with van der Waals surface area (Å²) in [6.45, 7) is 8.62. The van der Waals surface area contributed by atoms with Gasteiger partial charge in [-0.1, -0.05) is 12.1 Å². The summed E-state index contributed by atoms with van der Waals surface area (Å²) < 4.78 is 5.59. The van der Waals surface area contributed by atoms with E-state index >= 15 is 0 Å². The van der Waals surface area contributed by atoms with Crippen molar-refractivity contribution in [3.8, 4) is 5.75 Å². The Morgan fingerprint density at radius 2 is 1.45 bits per heavy atom. The van der Waals surface area contributed by atoms with Gasteiger partial charge in [0.2, 0.25) is 5.91 Å². The van der Waals surface area contributed by atoms with Crippen molar-refractivity contribution in [2.45, 2.75) is 52.4 Å². The molecule has 0 atom stereocenters. The number of nitrogens with one attached hydrogen (secondary N) is 1. The van der Waals surface area contributed by atoms with E-state index in [1.807, 2.05) is 55.1 Å². The fourth-order valence-electron chi connectivity index (χ4n) is 8.47. The number of anilines is 3. The first kappa shape index (κ1) is 27.0. The number of carbonyl (C=O) groups is 2. The van der Waals surface area contributed by atoms with Crippen LogP contribution in [0, 0.1) is 23.2 Å². The Hall–Kier alpha value is -3.22. The Balaban J connectivity index is 1.23. The molecule has 2 amide bonds. The fourth-order valence-corrected chi connectivity index (χ4v) is 8.47. The number of methoxy groups -OCH3 is 1. The zero-order valence-electron chi connectivity index (χ0n) is 24.3. The minimum atomic E-state index is -0.217. The van der Waals surface area contributed by atoms with Gasteiger partial charge in [0, 0.05) is 50.6 Å². The van der Waals surface area contributed by atoms with Gasteiger partial charge >= 0.3 is 0 Å². The summed E-state index contributed by atoms with van der Waals surface area (Å²) in [4.78, 5) is 34.1. The Bertz CT molecular complexity index is 1210. The molecule has 0 aromatic heterocycles. The normalized spacial score (nSPS) is 27.0. The van der Waals surface area contributed by atoms with Gasteiger partial charge in [0.1, 0.15) is 5.75 Å². The maximum Gasteiger partial charge on any atom is 0.256 e. The van der Waals surface area contributed by atoms with E-state index in [2.05, 4.69) is 21.2 Å². The van der Waals surface area contributed by atoms with Crippen LogP contribution < -0.4 is 19.9 Å². The summed E-state index contributed by atoms with van der Waals surface area (Å²) in [5.41, 5.74) is 3.26. The Morgan fingerprint density at radius 1 is 0.875 bits per heavy atom. The first-order valence-electron chi connectivity index (χ1n) is 15.3. The predicted molar refractivity (Wildman–Crippen MR) is 160 cm³/mol. The van der Waals surface area contributed by atoms with Gasteiger partial charge in [-0.05, 0) is 100 Å². The molecule has 5 fully saturated rings. The maximum absolute atomic E-state index is 13.8. The predicted octanol–water partition coefficient (Wildman–Crippen LogP) is 5.66. The number of amides is 2. The molecule has 1 aliphatic heterocycles. The third kappa shape index (κ3) is 4.92. The number of benzene rings is 2. The second-order valence-corrected chi connectivity index (χ2v) is 12.5. The van der Waals surface area contributed by atoms with Crippen LogP contribution in [0.1, 0.15) is 62.7 Å².